The summed E-state index contributed by atoms with van der Waals surface area (Å²) < 4.78 is 10.8. The number of amides is 1. The van der Waals surface area contributed by atoms with Gasteiger partial charge in [-0.25, -0.2) is 0 Å². The van der Waals surface area contributed by atoms with E-state index in [9.17, 15) is 19.7 Å². The van der Waals surface area contributed by atoms with E-state index < -0.39 is 16.9 Å². The number of likely N-dealkylation sites (tertiary alicyclic amines) is 1. The van der Waals surface area contributed by atoms with Crippen LogP contribution in [0.2, 0.25) is 0 Å². The van der Waals surface area contributed by atoms with Crippen LogP contribution in [0.15, 0.2) is 12.1 Å². The minimum absolute atomic E-state index is 0.0940. The van der Waals surface area contributed by atoms with Crippen LogP contribution in [-0.2, 0) is 4.79 Å². The van der Waals surface area contributed by atoms with Crippen LogP contribution in [0.25, 0.3) is 0 Å². The van der Waals surface area contributed by atoms with Crippen LogP contribution < -0.4 is 9.47 Å². The van der Waals surface area contributed by atoms with E-state index in [0.29, 0.717) is 19.6 Å². The molecule has 1 heterocycles. The highest BCUT2D eigenvalue weighted by Gasteiger charge is 2.32. The van der Waals surface area contributed by atoms with E-state index in [1.54, 1.807) is 0 Å². The molecule has 1 saturated heterocycles. The topological polar surface area (TPSA) is 99.0 Å². The van der Waals surface area contributed by atoms with Gasteiger partial charge in [0.2, 0.25) is 0 Å². The predicted molar refractivity (Wildman–Crippen MR) is 94.8 cm³/mol. The molecule has 0 N–H and O–H groups in total. The molecule has 8 nitrogen and oxygen atoms in total. The Bertz CT molecular complexity index is 676. The molecule has 0 aliphatic carbocycles. The number of hydrogen-bond acceptors (Lipinski definition) is 6. The van der Waals surface area contributed by atoms with Gasteiger partial charge in [-0.3, -0.25) is 14.9 Å². The van der Waals surface area contributed by atoms with Crippen LogP contribution >= 0.6 is 0 Å². The number of methoxy groups -OCH3 is 1. The summed E-state index contributed by atoms with van der Waals surface area (Å²) in [5.74, 6) is -0.0450. The molecule has 0 aromatic heterocycles. The van der Waals surface area contributed by atoms with Crippen molar-refractivity contribution in [3.63, 3.8) is 0 Å². The van der Waals surface area contributed by atoms with Gasteiger partial charge < -0.3 is 19.2 Å². The lowest BCUT2D eigenvalue weighted by Crippen LogP contribution is -2.44. The number of unbranched alkanes of at least 4 members (excludes halogenated alkanes) is 1. The van der Waals surface area contributed by atoms with Gasteiger partial charge in [-0.2, -0.15) is 0 Å². The number of benzene rings is 1. The van der Waals surface area contributed by atoms with Gasteiger partial charge in [-0.15, -0.1) is 0 Å². The average molecular weight is 364 g/mol. The van der Waals surface area contributed by atoms with Crippen LogP contribution in [0, 0.1) is 10.1 Å². The first kappa shape index (κ1) is 19.7. The van der Waals surface area contributed by atoms with Gasteiger partial charge in [-0.05, 0) is 25.7 Å². The van der Waals surface area contributed by atoms with E-state index >= 15 is 0 Å². The molecule has 1 amide bonds. The average Bonchev–Trinajstić information content (AvgIpc) is 2.67. The number of ether oxygens (including phenoxy) is 2. The Balaban J connectivity index is 2.41. The van der Waals surface area contributed by atoms with E-state index in [1.807, 2.05) is 6.92 Å². The van der Waals surface area contributed by atoms with E-state index in [1.165, 1.54) is 24.1 Å². The third-order valence-electron chi connectivity index (χ3n) is 4.43. The van der Waals surface area contributed by atoms with Crippen molar-refractivity contribution in [2.24, 2.45) is 0 Å². The second-order valence-corrected chi connectivity index (χ2v) is 6.18. The third-order valence-corrected chi connectivity index (χ3v) is 4.43. The van der Waals surface area contributed by atoms with Crippen molar-refractivity contribution < 1.29 is 24.0 Å². The largest absolute Gasteiger partial charge is 0.493 e. The summed E-state index contributed by atoms with van der Waals surface area (Å²) in [5, 5.41) is 11.5. The monoisotopic (exact) mass is 364 g/mol. The number of piperidine rings is 1. The van der Waals surface area contributed by atoms with Gasteiger partial charge in [-0.1, -0.05) is 13.3 Å². The number of nitro groups is 1. The summed E-state index contributed by atoms with van der Waals surface area (Å²) in [7, 11) is 1.41. The van der Waals surface area contributed by atoms with Gasteiger partial charge in [0.15, 0.2) is 11.5 Å². The Morgan fingerprint density at radius 3 is 2.77 bits per heavy atom. The molecule has 1 fully saturated rings. The molecule has 1 aromatic rings. The number of carbonyl (C=O) groups excluding carboxylic acids is 2. The SMILES string of the molecule is CCCCOc1cc([N+](=O)[O-])c(C(=O)N2CCCC[C@H]2C=O)cc1OC. The first-order chi connectivity index (χ1) is 12.5. The zero-order chi connectivity index (χ0) is 19.1. The van der Waals surface area contributed by atoms with Crippen molar-refractivity contribution >= 4 is 17.9 Å². The molecule has 2 rings (SSSR count). The Morgan fingerprint density at radius 1 is 1.38 bits per heavy atom. The smallest absolute Gasteiger partial charge is 0.286 e. The molecule has 1 aromatic carbocycles. The van der Waals surface area contributed by atoms with E-state index in [2.05, 4.69) is 0 Å². The maximum absolute atomic E-state index is 12.9. The number of aldehydes is 1. The highest BCUT2D eigenvalue weighted by Crippen LogP contribution is 2.36. The van der Waals surface area contributed by atoms with E-state index in [-0.39, 0.29) is 22.7 Å². The predicted octanol–water partition coefficient (Wildman–Crippen LogP) is 2.98. The summed E-state index contributed by atoms with van der Waals surface area (Å²) in [6.07, 6.45) is 4.62. The van der Waals surface area contributed by atoms with E-state index in [0.717, 1.165) is 32.0 Å². The molecule has 1 aliphatic rings. The normalized spacial score (nSPS) is 16.8. The van der Waals surface area contributed by atoms with Crippen LogP contribution in [-0.4, -0.2) is 48.3 Å². The second-order valence-electron chi connectivity index (χ2n) is 6.18. The molecule has 142 valence electrons. The van der Waals surface area contributed by atoms with E-state index in [4.69, 9.17) is 9.47 Å². The first-order valence-electron chi connectivity index (χ1n) is 8.79. The van der Waals surface area contributed by atoms with Crippen LogP contribution in [0.5, 0.6) is 11.5 Å². The van der Waals surface area contributed by atoms with Crippen molar-refractivity contribution in [2.45, 2.75) is 45.1 Å². The molecule has 0 saturated carbocycles. The van der Waals surface area contributed by atoms with Gasteiger partial charge in [0.05, 0.1) is 30.7 Å². The number of hydrogen-bond donors (Lipinski definition) is 0. The third kappa shape index (κ3) is 4.30. The Labute approximate surface area is 152 Å². The lowest BCUT2D eigenvalue weighted by Gasteiger charge is -2.32. The molecule has 0 bridgehead atoms. The summed E-state index contributed by atoms with van der Waals surface area (Å²) in [6, 6.07) is 2.00. The number of nitrogens with zero attached hydrogens (tertiary/aromatic N) is 2. The maximum atomic E-state index is 12.9. The second kappa shape index (κ2) is 9.17. The molecule has 26 heavy (non-hydrogen) atoms. The van der Waals surface area contributed by atoms with Crippen LogP contribution in [0.4, 0.5) is 5.69 Å². The zero-order valence-electron chi connectivity index (χ0n) is 15.1. The molecule has 0 radical (unpaired) electrons. The fraction of sp³-hybridized carbons (Fsp3) is 0.556. The summed E-state index contributed by atoms with van der Waals surface area (Å²) >= 11 is 0. The minimum atomic E-state index is -0.612. The van der Waals surface area contributed by atoms with Crippen molar-refractivity contribution in [1.29, 1.82) is 0 Å². The molecule has 0 spiro atoms. The lowest BCUT2D eigenvalue weighted by molar-refractivity contribution is -0.385. The Hall–Kier alpha value is -2.64. The fourth-order valence-electron chi connectivity index (χ4n) is 2.98. The zero-order valence-corrected chi connectivity index (χ0v) is 15.1. The highest BCUT2D eigenvalue weighted by molar-refractivity contribution is 6.00. The highest BCUT2D eigenvalue weighted by atomic mass is 16.6. The van der Waals surface area contributed by atoms with Gasteiger partial charge in [0.25, 0.3) is 11.6 Å². The summed E-state index contributed by atoms with van der Waals surface area (Å²) in [4.78, 5) is 36.5. The Morgan fingerprint density at radius 2 is 2.15 bits per heavy atom. The number of nitro benzene ring substituents is 1. The number of rotatable bonds is 8. The van der Waals surface area contributed by atoms with Gasteiger partial charge in [0, 0.05) is 12.6 Å². The maximum Gasteiger partial charge on any atom is 0.286 e. The molecule has 1 atom stereocenters. The van der Waals surface area contributed by atoms with Gasteiger partial charge in [0.1, 0.15) is 11.8 Å². The Kier molecular flexibility index (Phi) is 6.94. The lowest BCUT2D eigenvalue weighted by atomic mass is 10.0. The van der Waals surface area contributed by atoms with Crippen LogP contribution in [0.1, 0.15) is 49.4 Å². The van der Waals surface area contributed by atoms with Gasteiger partial charge >= 0.3 is 0 Å². The number of carbonyl (C=O) groups is 2. The van der Waals surface area contributed by atoms with Crippen molar-refractivity contribution in [1.82, 2.24) is 4.90 Å². The molecular weight excluding hydrogens is 340 g/mol. The van der Waals surface area contributed by atoms with Crippen LogP contribution in [0.3, 0.4) is 0 Å². The standard InChI is InChI=1S/C18H24N2O6/c1-3-4-9-26-17-11-15(20(23)24)14(10-16(17)25-2)18(22)19-8-6-5-7-13(19)12-21/h10-13H,3-9H2,1-2H3/t13-/m0/s1. The molecule has 0 unspecified atom stereocenters. The minimum Gasteiger partial charge on any atom is -0.493 e. The quantitative estimate of drug-likeness (QED) is 0.304. The molecular formula is C18H24N2O6. The summed E-state index contributed by atoms with van der Waals surface area (Å²) in [6.45, 7) is 2.81. The molecule has 1 aliphatic heterocycles. The first-order valence-corrected chi connectivity index (χ1v) is 8.79. The fourth-order valence-corrected chi connectivity index (χ4v) is 2.98. The summed E-state index contributed by atoms with van der Waals surface area (Å²) in [5.41, 5.74) is -0.444. The van der Waals surface area contributed by atoms with Crippen molar-refractivity contribution in [2.75, 3.05) is 20.3 Å². The van der Waals surface area contributed by atoms with Crippen molar-refractivity contribution in [3.05, 3.63) is 27.8 Å². The molecule has 8 heteroatoms. The van der Waals surface area contributed by atoms with Crippen molar-refractivity contribution in [3.8, 4) is 11.5 Å².